The van der Waals surface area contributed by atoms with Gasteiger partial charge < -0.3 is 4.57 Å². The Morgan fingerprint density at radius 2 is 2.00 bits per heavy atom. The summed E-state index contributed by atoms with van der Waals surface area (Å²) in [4.78, 5) is 31.6. The molecule has 0 N–H and O–H groups in total. The van der Waals surface area contributed by atoms with Gasteiger partial charge >= 0.3 is 0 Å². The van der Waals surface area contributed by atoms with E-state index in [1.54, 1.807) is 37.4 Å². The van der Waals surface area contributed by atoms with Crippen molar-refractivity contribution in [1.82, 2.24) is 9.55 Å². The molecule has 0 saturated heterocycles. The summed E-state index contributed by atoms with van der Waals surface area (Å²) < 4.78 is 1.42. The van der Waals surface area contributed by atoms with Crippen LogP contribution in [0.15, 0.2) is 41.5 Å². The van der Waals surface area contributed by atoms with Crippen LogP contribution in [0, 0.1) is 18.4 Å². The maximum atomic E-state index is 12.3. The number of carbonyl (C=O) groups excluding carboxylic acids is 2. The standard InChI is InChI=1S/C16H14N4O2/c1-11-14(12(2)21)8-20(16(19-11)18-10-17)9-15(22)13-6-4-3-5-7-13/h3-8H,9H2,1-2H3. The number of carbonyl (C=O) groups is 2. The number of benzene rings is 1. The average molecular weight is 294 g/mol. The van der Waals surface area contributed by atoms with Gasteiger partial charge in [0.05, 0.1) is 17.8 Å². The van der Waals surface area contributed by atoms with E-state index in [-0.39, 0.29) is 23.7 Å². The molecular weight excluding hydrogens is 280 g/mol. The first kappa shape index (κ1) is 15.3. The third-order valence-corrected chi connectivity index (χ3v) is 3.14. The molecule has 0 amide bonds. The fourth-order valence-corrected chi connectivity index (χ4v) is 2.05. The SMILES string of the molecule is CC(=O)c1cn(CC(=O)c2ccccc2)c(=NC#N)nc1C. The van der Waals surface area contributed by atoms with Gasteiger partial charge in [0.25, 0.3) is 0 Å². The van der Waals surface area contributed by atoms with Crippen LogP contribution in [0.4, 0.5) is 0 Å². The molecule has 1 heterocycles. The third-order valence-electron chi connectivity index (χ3n) is 3.14. The lowest BCUT2D eigenvalue weighted by Gasteiger charge is -2.09. The molecular formula is C16H14N4O2. The highest BCUT2D eigenvalue weighted by Crippen LogP contribution is 2.05. The minimum absolute atomic E-state index is 0.0436. The van der Waals surface area contributed by atoms with E-state index in [0.29, 0.717) is 16.8 Å². The molecule has 0 unspecified atom stereocenters. The maximum Gasteiger partial charge on any atom is 0.240 e. The van der Waals surface area contributed by atoms with E-state index in [1.807, 2.05) is 6.07 Å². The van der Waals surface area contributed by atoms with E-state index in [2.05, 4.69) is 9.98 Å². The molecule has 0 bridgehead atoms. The van der Waals surface area contributed by atoms with Gasteiger partial charge in [0.1, 0.15) is 0 Å². The summed E-state index contributed by atoms with van der Waals surface area (Å²) in [7, 11) is 0. The molecule has 0 aliphatic heterocycles. The van der Waals surface area contributed by atoms with Gasteiger partial charge in [-0.25, -0.2) is 4.98 Å². The van der Waals surface area contributed by atoms with Crippen molar-refractivity contribution in [2.75, 3.05) is 0 Å². The number of nitrogens with zero attached hydrogens (tertiary/aromatic N) is 4. The van der Waals surface area contributed by atoms with Gasteiger partial charge in [-0.2, -0.15) is 5.26 Å². The lowest BCUT2D eigenvalue weighted by atomic mass is 10.1. The van der Waals surface area contributed by atoms with Crippen molar-refractivity contribution in [2.24, 2.45) is 4.99 Å². The quantitative estimate of drug-likeness (QED) is 0.633. The normalized spacial score (nSPS) is 11.0. The fraction of sp³-hybridized carbons (Fsp3) is 0.188. The summed E-state index contributed by atoms with van der Waals surface area (Å²) in [6.07, 6.45) is 3.17. The van der Waals surface area contributed by atoms with Gasteiger partial charge in [0.2, 0.25) is 11.8 Å². The molecule has 2 aromatic rings. The van der Waals surface area contributed by atoms with Crippen molar-refractivity contribution in [2.45, 2.75) is 20.4 Å². The first-order valence-corrected chi connectivity index (χ1v) is 6.63. The van der Waals surface area contributed by atoms with Crippen molar-refractivity contribution >= 4 is 11.6 Å². The second-order valence-corrected chi connectivity index (χ2v) is 4.73. The fourth-order valence-electron chi connectivity index (χ4n) is 2.05. The monoisotopic (exact) mass is 294 g/mol. The van der Waals surface area contributed by atoms with Crippen LogP contribution in [0.3, 0.4) is 0 Å². The molecule has 110 valence electrons. The van der Waals surface area contributed by atoms with Crippen molar-refractivity contribution in [3.05, 3.63) is 59.0 Å². The van der Waals surface area contributed by atoms with Gasteiger partial charge in [0, 0.05) is 11.8 Å². The van der Waals surface area contributed by atoms with Crippen LogP contribution >= 0.6 is 0 Å². The molecule has 0 fully saturated rings. The Labute approximate surface area is 127 Å². The van der Waals surface area contributed by atoms with E-state index >= 15 is 0 Å². The first-order valence-electron chi connectivity index (χ1n) is 6.63. The van der Waals surface area contributed by atoms with E-state index in [4.69, 9.17) is 5.26 Å². The smallest absolute Gasteiger partial charge is 0.240 e. The number of rotatable bonds is 4. The van der Waals surface area contributed by atoms with Crippen LogP contribution in [0.2, 0.25) is 0 Å². The minimum atomic E-state index is -0.158. The second-order valence-electron chi connectivity index (χ2n) is 4.73. The third kappa shape index (κ3) is 3.33. The van der Waals surface area contributed by atoms with E-state index in [0.717, 1.165) is 0 Å². The molecule has 1 aromatic heterocycles. The number of ketones is 2. The Morgan fingerprint density at radius 3 is 2.59 bits per heavy atom. The summed E-state index contributed by atoms with van der Waals surface area (Å²) in [6.45, 7) is 3.04. The van der Waals surface area contributed by atoms with Crippen molar-refractivity contribution in [3.8, 4) is 6.19 Å². The highest BCUT2D eigenvalue weighted by molar-refractivity contribution is 5.96. The van der Waals surface area contributed by atoms with Gasteiger partial charge in [-0.05, 0) is 13.8 Å². The molecule has 0 saturated carbocycles. The zero-order valence-electron chi connectivity index (χ0n) is 12.3. The molecule has 6 heteroatoms. The Bertz CT molecular complexity index is 829. The molecule has 0 spiro atoms. The molecule has 2 rings (SSSR count). The minimum Gasteiger partial charge on any atom is -0.308 e. The van der Waals surface area contributed by atoms with Gasteiger partial charge in [-0.1, -0.05) is 30.3 Å². The number of aromatic nitrogens is 2. The van der Waals surface area contributed by atoms with Crippen LogP contribution in [0.1, 0.15) is 33.3 Å². The van der Waals surface area contributed by atoms with Crippen LogP contribution in [-0.2, 0) is 6.54 Å². The topological polar surface area (TPSA) is 88.1 Å². The van der Waals surface area contributed by atoms with Crippen LogP contribution < -0.4 is 5.62 Å². The summed E-state index contributed by atoms with van der Waals surface area (Å²) in [6, 6.07) is 8.77. The largest absolute Gasteiger partial charge is 0.308 e. The zero-order valence-corrected chi connectivity index (χ0v) is 12.3. The zero-order chi connectivity index (χ0) is 16.1. The Kier molecular flexibility index (Phi) is 4.59. The van der Waals surface area contributed by atoms with Crippen LogP contribution in [-0.4, -0.2) is 21.1 Å². The molecule has 22 heavy (non-hydrogen) atoms. The Balaban J connectivity index is 2.48. The average Bonchev–Trinajstić information content (AvgIpc) is 2.50. The highest BCUT2D eigenvalue weighted by Gasteiger charge is 2.12. The van der Waals surface area contributed by atoms with Crippen molar-refractivity contribution in [3.63, 3.8) is 0 Å². The summed E-state index contributed by atoms with van der Waals surface area (Å²) in [5.74, 6) is -0.311. The second kappa shape index (κ2) is 6.59. The molecule has 0 atom stereocenters. The van der Waals surface area contributed by atoms with E-state index in [9.17, 15) is 9.59 Å². The van der Waals surface area contributed by atoms with E-state index in [1.165, 1.54) is 17.7 Å². The van der Waals surface area contributed by atoms with Gasteiger partial charge in [-0.3, -0.25) is 9.59 Å². The lowest BCUT2D eigenvalue weighted by Crippen LogP contribution is -2.29. The number of hydrogen-bond donors (Lipinski definition) is 0. The maximum absolute atomic E-state index is 12.3. The molecule has 6 nitrogen and oxygen atoms in total. The lowest BCUT2D eigenvalue weighted by molar-refractivity contribution is 0.0964. The molecule has 0 aliphatic rings. The highest BCUT2D eigenvalue weighted by atomic mass is 16.1. The molecule has 1 aromatic carbocycles. The van der Waals surface area contributed by atoms with Gasteiger partial charge in [-0.15, -0.1) is 4.99 Å². The number of hydrogen-bond acceptors (Lipinski definition) is 5. The summed E-state index contributed by atoms with van der Waals surface area (Å²) in [5, 5.41) is 8.74. The number of Topliss-reactive ketones (excluding diaryl/α,β-unsaturated/α-hetero) is 2. The first-order chi connectivity index (χ1) is 10.5. The molecule has 0 aliphatic carbocycles. The predicted octanol–water partition coefficient (Wildman–Crippen LogP) is 1.66. The summed E-state index contributed by atoms with van der Waals surface area (Å²) >= 11 is 0. The van der Waals surface area contributed by atoms with Crippen molar-refractivity contribution < 1.29 is 9.59 Å². The Hall–Kier alpha value is -3.07. The van der Waals surface area contributed by atoms with Gasteiger partial charge in [0.15, 0.2) is 11.6 Å². The van der Waals surface area contributed by atoms with Crippen LogP contribution in [0.25, 0.3) is 0 Å². The Morgan fingerprint density at radius 1 is 1.32 bits per heavy atom. The number of aryl methyl sites for hydroxylation is 1. The van der Waals surface area contributed by atoms with E-state index < -0.39 is 0 Å². The van der Waals surface area contributed by atoms with Crippen LogP contribution in [0.5, 0.6) is 0 Å². The van der Waals surface area contributed by atoms with Crippen molar-refractivity contribution in [1.29, 1.82) is 5.26 Å². The summed E-state index contributed by atoms with van der Waals surface area (Å²) in [5.41, 5.74) is 1.53. The predicted molar refractivity (Wildman–Crippen MR) is 78.9 cm³/mol. The molecule has 0 radical (unpaired) electrons. The number of nitriles is 1.